The van der Waals surface area contributed by atoms with Crippen LogP contribution in [0.4, 0.5) is 10.1 Å². The maximum atomic E-state index is 13.2. The average Bonchev–Trinajstić information content (AvgIpc) is 2.77. The highest BCUT2D eigenvalue weighted by molar-refractivity contribution is 9.10. The predicted octanol–water partition coefficient (Wildman–Crippen LogP) is 3.98. The van der Waals surface area contributed by atoms with Gasteiger partial charge in [-0.25, -0.2) is 12.8 Å². The second-order valence-electron chi connectivity index (χ2n) is 6.46. The zero-order valence-corrected chi connectivity index (χ0v) is 18.8. The Labute approximate surface area is 188 Å². The number of sulfonamides is 1. The molecule has 0 aliphatic heterocycles. The van der Waals surface area contributed by atoms with E-state index in [1.165, 1.54) is 36.4 Å². The molecule has 0 saturated carbocycles. The molecule has 0 saturated heterocycles. The lowest BCUT2D eigenvalue weighted by atomic mass is 10.3. The van der Waals surface area contributed by atoms with E-state index < -0.39 is 22.5 Å². The van der Waals surface area contributed by atoms with Crippen molar-refractivity contribution in [2.45, 2.75) is 4.90 Å². The molecule has 0 radical (unpaired) electrons. The lowest BCUT2D eigenvalue weighted by Crippen LogP contribution is -2.41. The molecule has 0 spiro atoms. The lowest BCUT2D eigenvalue weighted by molar-refractivity contribution is -0.119. The van der Waals surface area contributed by atoms with Gasteiger partial charge in [0.05, 0.1) is 17.1 Å². The summed E-state index contributed by atoms with van der Waals surface area (Å²) in [7, 11) is -3.96. The second kappa shape index (κ2) is 10.4. The molecular weight excluding hydrogens is 487 g/mol. The SMILES string of the molecule is O=C(CN(c1cccc(Br)c1)S(=O)(=O)c1ccccc1)NCCOc1ccc(F)cc1. The number of nitrogens with zero attached hydrogens (tertiary/aromatic N) is 1. The fraction of sp³-hybridized carbons (Fsp3) is 0.136. The summed E-state index contributed by atoms with van der Waals surface area (Å²) < 4.78 is 46.5. The summed E-state index contributed by atoms with van der Waals surface area (Å²) >= 11 is 3.34. The van der Waals surface area contributed by atoms with Gasteiger partial charge in [0.15, 0.2) is 0 Å². The molecule has 162 valence electrons. The topological polar surface area (TPSA) is 75.7 Å². The molecule has 6 nitrogen and oxygen atoms in total. The molecule has 3 aromatic carbocycles. The zero-order valence-electron chi connectivity index (χ0n) is 16.4. The van der Waals surface area contributed by atoms with Gasteiger partial charge in [-0.3, -0.25) is 9.10 Å². The number of rotatable bonds is 9. The van der Waals surface area contributed by atoms with Gasteiger partial charge >= 0.3 is 0 Å². The molecule has 0 aliphatic carbocycles. The fourth-order valence-electron chi connectivity index (χ4n) is 2.74. The first kappa shape index (κ1) is 22.8. The van der Waals surface area contributed by atoms with E-state index >= 15 is 0 Å². The maximum Gasteiger partial charge on any atom is 0.264 e. The fourth-order valence-corrected chi connectivity index (χ4v) is 4.56. The number of carbonyl (C=O) groups is 1. The minimum Gasteiger partial charge on any atom is -0.492 e. The third-order valence-electron chi connectivity index (χ3n) is 4.22. The number of halogens is 2. The van der Waals surface area contributed by atoms with Crippen LogP contribution < -0.4 is 14.4 Å². The largest absolute Gasteiger partial charge is 0.492 e. The van der Waals surface area contributed by atoms with Gasteiger partial charge in [0, 0.05) is 4.47 Å². The summed E-state index contributed by atoms with van der Waals surface area (Å²) in [5, 5.41) is 2.65. The smallest absolute Gasteiger partial charge is 0.264 e. The normalized spacial score (nSPS) is 11.0. The minimum absolute atomic E-state index is 0.0856. The van der Waals surface area contributed by atoms with Gasteiger partial charge in [0.1, 0.15) is 24.7 Å². The van der Waals surface area contributed by atoms with Gasteiger partial charge in [0.2, 0.25) is 5.91 Å². The van der Waals surface area contributed by atoms with Gasteiger partial charge < -0.3 is 10.1 Å². The minimum atomic E-state index is -3.96. The molecule has 0 unspecified atom stereocenters. The van der Waals surface area contributed by atoms with Crippen LogP contribution in [0.15, 0.2) is 88.2 Å². The molecule has 0 aliphatic rings. The van der Waals surface area contributed by atoms with Gasteiger partial charge in [-0.15, -0.1) is 0 Å². The molecule has 31 heavy (non-hydrogen) atoms. The highest BCUT2D eigenvalue weighted by Gasteiger charge is 2.27. The number of hydrogen-bond acceptors (Lipinski definition) is 4. The number of amides is 1. The summed E-state index contributed by atoms with van der Waals surface area (Å²) in [6, 6.07) is 20.2. The van der Waals surface area contributed by atoms with E-state index in [4.69, 9.17) is 4.74 Å². The molecule has 0 heterocycles. The number of benzene rings is 3. The molecule has 0 bridgehead atoms. The number of carbonyl (C=O) groups excluding carboxylic acids is 1. The molecule has 0 aromatic heterocycles. The Morgan fingerprint density at radius 1 is 1.00 bits per heavy atom. The monoisotopic (exact) mass is 506 g/mol. The average molecular weight is 507 g/mol. The number of ether oxygens (including phenoxy) is 1. The van der Waals surface area contributed by atoms with Crippen LogP contribution >= 0.6 is 15.9 Å². The van der Waals surface area contributed by atoms with Crippen LogP contribution in [0, 0.1) is 5.82 Å². The number of anilines is 1. The molecule has 9 heteroatoms. The first-order valence-electron chi connectivity index (χ1n) is 9.35. The second-order valence-corrected chi connectivity index (χ2v) is 9.23. The van der Waals surface area contributed by atoms with Crippen LogP contribution in [-0.2, 0) is 14.8 Å². The van der Waals surface area contributed by atoms with Gasteiger partial charge in [-0.1, -0.05) is 40.2 Å². The van der Waals surface area contributed by atoms with Crippen LogP contribution in [0.25, 0.3) is 0 Å². The van der Waals surface area contributed by atoms with Gasteiger partial charge in [-0.2, -0.15) is 0 Å². The summed E-state index contributed by atoms with van der Waals surface area (Å²) in [6.45, 7) is -0.0855. The van der Waals surface area contributed by atoms with Crippen molar-refractivity contribution in [3.8, 4) is 5.75 Å². The first-order valence-corrected chi connectivity index (χ1v) is 11.6. The van der Waals surface area contributed by atoms with E-state index in [-0.39, 0.29) is 23.9 Å². The number of nitrogens with one attached hydrogen (secondary N) is 1. The molecule has 1 N–H and O–H groups in total. The zero-order chi connectivity index (χ0) is 22.3. The van der Waals surface area contributed by atoms with Crippen molar-refractivity contribution in [3.63, 3.8) is 0 Å². The lowest BCUT2D eigenvalue weighted by Gasteiger charge is -2.24. The molecule has 0 atom stereocenters. The Hall–Kier alpha value is -2.91. The number of hydrogen-bond donors (Lipinski definition) is 1. The summed E-state index contributed by atoms with van der Waals surface area (Å²) in [4.78, 5) is 12.6. The van der Waals surface area contributed by atoms with E-state index in [2.05, 4.69) is 21.2 Å². The van der Waals surface area contributed by atoms with Gasteiger partial charge in [0.25, 0.3) is 10.0 Å². The summed E-state index contributed by atoms with van der Waals surface area (Å²) in [5.74, 6) is -0.381. The standard InChI is InChI=1S/C22H20BrFN2O4S/c23-17-5-4-6-19(15-17)26(31(28,29)21-7-2-1-3-8-21)16-22(27)25-13-14-30-20-11-9-18(24)10-12-20/h1-12,15H,13-14,16H2,(H,25,27). The molecule has 1 amide bonds. The van der Waals surface area contributed by atoms with Crippen LogP contribution in [0.2, 0.25) is 0 Å². The Morgan fingerprint density at radius 2 is 1.71 bits per heavy atom. The van der Waals surface area contributed by atoms with Gasteiger partial charge in [-0.05, 0) is 54.6 Å². The molecular formula is C22H20BrFN2O4S. The van der Waals surface area contributed by atoms with Crippen molar-refractivity contribution < 1.29 is 22.3 Å². The van der Waals surface area contributed by atoms with Crippen molar-refractivity contribution in [3.05, 3.63) is 89.2 Å². The Balaban J connectivity index is 1.68. The van der Waals surface area contributed by atoms with Crippen molar-refractivity contribution in [2.24, 2.45) is 0 Å². The summed E-state index contributed by atoms with van der Waals surface area (Å²) in [6.07, 6.45) is 0. The van der Waals surface area contributed by atoms with Crippen LogP contribution in [0.3, 0.4) is 0 Å². The predicted molar refractivity (Wildman–Crippen MR) is 120 cm³/mol. The molecule has 0 fully saturated rings. The van der Waals surface area contributed by atoms with E-state index in [0.717, 1.165) is 4.31 Å². The molecule has 3 aromatic rings. The summed E-state index contributed by atoms with van der Waals surface area (Å²) in [5.41, 5.74) is 0.357. The first-order chi connectivity index (χ1) is 14.9. The van der Waals surface area contributed by atoms with E-state index in [1.807, 2.05) is 0 Å². The molecule has 3 rings (SSSR count). The van der Waals surface area contributed by atoms with E-state index in [9.17, 15) is 17.6 Å². The Kier molecular flexibility index (Phi) is 7.64. The van der Waals surface area contributed by atoms with Crippen molar-refractivity contribution >= 4 is 37.5 Å². The third-order valence-corrected chi connectivity index (χ3v) is 6.50. The Bertz CT molecular complexity index is 1130. The van der Waals surface area contributed by atoms with Crippen LogP contribution in [0.1, 0.15) is 0 Å². The third kappa shape index (κ3) is 6.28. The Morgan fingerprint density at radius 3 is 2.39 bits per heavy atom. The van der Waals surface area contributed by atoms with Crippen molar-refractivity contribution in [2.75, 3.05) is 24.0 Å². The van der Waals surface area contributed by atoms with Crippen LogP contribution in [0.5, 0.6) is 5.75 Å². The highest BCUT2D eigenvalue weighted by Crippen LogP contribution is 2.26. The maximum absolute atomic E-state index is 13.2. The van der Waals surface area contributed by atoms with E-state index in [1.54, 1.807) is 42.5 Å². The highest BCUT2D eigenvalue weighted by atomic mass is 79.9. The van der Waals surface area contributed by atoms with Crippen molar-refractivity contribution in [1.82, 2.24) is 5.32 Å². The van der Waals surface area contributed by atoms with Crippen molar-refractivity contribution in [1.29, 1.82) is 0 Å². The van der Waals surface area contributed by atoms with E-state index in [0.29, 0.717) is 15.9 Å². The van der Waals surface area contributed by atoms with Crippen LogP contribution in [-0.4, -0.2) is 34.0 Å². The quantitative estimate of drug-likeness (QED) is 0.445.